The van der Waals surface area contributed by atoms with Gasteiger partial charge in [-0.1, -0.05) is 6.07 Å². The molecule has 3 heterocycles. The molecule has 138 valence electrons. The maximum Gasteiger partial charge on any atom is 0.130 e. The van der Waals surface area contributed by atoms with Gasteiger partial charge in [0.25, 0.3) is 0 Å². The highest BCUT2D eigenvalue weighted by Crippen LogP contribution is 2.31. The van der Waals surface area contributed by atoms with Crippen LogP contribution in [0.5, 0.6) is 0 Å². The Morgan fingerprint density at radius 3 is 2.58 bits per heavy atom. The van der Waals surface area contributed by atoms with Crippen molar-refractivity contribution in [1.29, 1.82) is 0 Å². The zero-order valence-corrected chi connectivity index (χ0v) is 14.7. The number of benzene rings is 1. The molecule has 0 amide bonds. The summed E-state index contributed by atoms with van der Waals surface area (Å²) in [6.45, 7) is 3.78. The number of hydrazine groups is 1. The van der Waals surface area contributed by atoms with Gasteiger partial charge in [0.1, 0.15) is 11.6 Å². The molecule has 0 bridgehead atoms. The van der Waals surface area contributed by atoms with Crippen LogP contribution in [-0.2, 0) is 0 Å². The summed E-state index contributed by atoms with van der Waals surface area (Å²) in [7, 11) is 0. The highest BCUT2D eigenvalue weighted by Gasteiger charge is 2.32. The lowest BCUT2D eigenvalue weighted by molar-refractivity contribution is 0.179. The minimum absolute atomic E-state index is 0.131. The zero-order chi connectivity index (χ0) is 17.9. The second kappa shape index (κ2) is 7.78. The molecule has 4 rings (SSSR count). The lowest BCUT2D eigenvalue weighted by Crippen LogP contribution is -2.38. The molecule has 6 heteroatoms. The van der Waals surface area contributed by atoms with E-state index in [1.54, 1.807) is 6.07 Å². The predicted molar refractivity (Wildman–Crippen MR) is 96.4 cm³/mol. The molecule has 2 aromatic rings. The quantitative estimate of drug-likeness (QED) is 0.882. The molecule has 2 N–H and O–H groups in total. The number of nitrogens with one attached hydrogen (secondary N) is 2. The number of pyridine rings is 1. The number of nitrogens with zero attached hydrogens (tertiary/aromatic N) is 2. The molecule has 1 aromatic carbocycles. The standard InChI is InChI=1S/C20H24F2N4/c21-17-1-2-18(19(22)11-17)20-16(12-24-25-20)13-26-9-5-15(6-10-26)14-3-7-23-8-4-14/h1-4,7-8,11,15-16,20,24-25H,5-6,9-10,12-13H2. The Bertz CT molecular complexity index is 732. The van der Waals surface area contributed by atoms with Crippen molar-refractivity contribution in [2.45, 2.75) is 24.8 Å². The number of likely N-dealkylation sites (tertiary alicyclic amines) is 1. The first-order chi connectivity index (χ1) is 12.7. The minimum Gasteiger partial charge on any atom is -0.303 e. The highest BCUT2D eigenvalue weighted by atomic mass is 19.1. The topological polar surface area (TPSA) is 40.2 Å². The number of hydrogen-bond donors (Lipinski definition) is 2. The molecule has 2 unspecified atom stereocenters. The molecule has 26 heavy (non-hydrogen) atoms. The fourth-order valence-corrected chi connectivity index (χ4v) is 4.21. The Labute approximate surface area is 152 Å². The second-order valence-electron chi connectivity index (χ2n) is 7.28. The van der Waals surface area contributed by atoms with E-state index in [9.17, 15) is 8.78 Å². The average Bonchev–Trinajstić information content (AvgIpc) is 3.11. The number of aromatic nitrogens is 1. The van der Waals surface area contributed by atoms with E-state index in [1.165, 1.54) is 11.6 Å². The Morgan fingerprint density at radius 1 is 1.08 bits per heavy atom. The lowest BCUT2D eigenvalue weighted by Gasteiger charge is -2.34. The van der Waals surface area contributed by atoms with Crippen LogP contribution < -0.4 is 10.9 Å². The summed E-state index contributed by atoms with van der Waals surface area (Å²) in [6, 6.07) is 7.94. The molecular weight excluding hydrogens is 334 g/mol. The summed E-state index contributed by atoms with van der Waals surface area (Å²) in [5, 5.41) is 0. The molecule has 0 radical (unpaired) electrons. The number of piperidine rings is 1. The monoisotopic (exact) mass is 358 g/mol. The van der Waals surface area contributed by atoms with Gasteiger partial charge in [0.2, 0.25) is 0 Å². The van der Waals surface area contributed by atoms with Crippen molar-refractivity contribution in [3.63, 3.8) is 0 Å². The van der Waals surface area contributed by atoms with Gasteiger partial charge in [-0.15, -0.1) is 0 Å². The average molecular weight is 358 g/mol. The van der Waals surface area contributed by atoms with Crippen LogP contribution in [0.2, 0.25) is 0 Å². The van der Waals surface area contributed by atoms with E-state index in [-0.39, 0.29) is 12.0 Å². The fourth-order valence-electron chi connectivity index (χ4n) is 4.21. The zero-order valence-electron chi connectivity index (χ0n) is 14.7. The minimum atomic E-state index is -0.535. The summed E-state index contributed by atoms with van der Waals surface area (Å²) in [5.41, 5.74) is 8.21. The molecule has 2 fully saturated rings. The number of rotatable bonds is 4. The Kier molecular flexibility index (Phi) is 5.24. The van der Waals surface area contributed by atoms with E-state index in [1.807, 2.05) is 12.4 Å². The van der Waals surface area contributed by atoms with Crippen molar-refractivity contribution < 1.29 is 8.78 Å². The number of hydrogen-bond acceptors (Lipinski definition) is 4. The third-order valence-corrected chi connectivity index (χ3v) is 5.65. The molecule has 2 aliphatic rings. The molecule has 2 aliphatic heterocycles. The van der Waals surface area contributed by atoms with E-state index in [0.29, 0.717) is 11.5 Å². The van der Waals surface area contributed by atoms with Crippen LogP contribution in [0.4, 0.5) is 8.78 Å². The van der Waals surface area contributed by atoms with Crippen LogP contribution in [0, 0.1) is 17.6 Å². The summed E-state index contributed by atoms with van der Waals surface area (Å²) in [6.07, 6.45) is 5.99. The van der Waals surface area contributed by atoms with Crippen LogP contribution >= 0.6 is 0 Å². The molecule has 4 nitrogen and oxygen atoms in total. The van der Waals surface area contributed by atoms with Gasteiger partial charge in [-0.25, -0.2) is 14.2 Å². The third kappa shape index (κ3) is 3.77. The summed E-state index contributed by atoms with van der Waals surface area (Å²) in [4.78, 5) is 6.56. The van der Waals surface area contributed by atoms with Crippen molar-refractivity contribution in [1.82, 2.24) is 20.7 Å². The van der Waals surface area contributed by atoms with E-state index in [4.69, 9.17) is 0 Å². The van der Waals surface area contributed by atoms with Gasteiger partial charge < -0.3 is 4.90 Å². The maximum atomic E-state index is 14.2. The van der Waals surface area contributed by atoms with Crippen LogP contribution in [0.3, 0.4) is 0 Å². The highest BCUT2D eigenvalue weighted by molar-refractivity contribution is 5.24. The lowest BCUT2D eigenvalue weighted by atomic mass is 9.88. The first-order valence-corrected chi connectivity index (χ1v) is 9.26. The molecule has 2 saturated heterocycles. The SMILES string of the molecule is Fc1ccc(C2NNCC2CN2CCC(c3ccncc3)CC2)c(F)c1. The van der Waals surface area contributed by atoms with Gasteiger partial charge in [-0.2, -0.15) is 0 Å². The Morgan fingerprint density at radius 2 is 1.85 bits per heavy atom. The summed E-state index contributed by atoms with van der Waals surface area (Å²) in [5.74, 6) is -0.161. The summed E-state index contributed by atoms with van der Waals surface area (Å²) >= 11 is 0. The molecule has 1 aromatic heterocycles. The largest absolute Gasteiger partial charge is 0.303 e. The summed E-state index contributed by atoms with van der Waals surface area (Å²) < 4.78 is 27.4. The van der Waals surface area contributed by atoms with Crippen LogP contribution in [0.1, 0.15) is 35.9 Å². The van der Waals surface area contributed by atoms with Gasteiger partial charge in [0, 0.05) is 43.0 Å². The second-order valence-corrected chi connectivity index (χ2v) is 7.28. The van der Waals surface area contributed by atoms with Crippen molar-refractivity contribution in [2.75, 3.05) is 26.2 Å². The van der Waals surface area contributed by atoms with Crippen LogP contribution in [0.25, 0.3) is 0 Å². The normalized spacial score (nSPS) is 24.8. The van der Waals surface area contributed by atoms with Crippen molar-refractivity contribution >= 4 is 0 Å². The Balaban J connectivity index is 1.37. The van der Waals surface area contributed by atoms with Crippen LogP contribution in [0.15, 0.2) is 42.7 Å². The van der Waals surface area contributed by atoms with Crippen LogP contribution in [-0.4, -0.2) is 36.1 Å². The first kappa shape index (κ1) is 17.5. The van der Waals surface area contributed by atoms with E-state index < -0.39 is 11.6 Å². The molecular formula is C20H24F2N4. The van der Waals surface area contributed by atoms with Crippen molar-refractivity contribution in [3.05, 3.63) is 65.5 Å². The molecule has 2 atom stereocenters. The van der Waals surface area contributed by atoms with E-state index >= 15 is 0 Å². The maximum absolute atomic E-state index is 14.2. The van der Waals surface area contributed by atoms with Crippen molar-refractivity contribution in [2.24, 2.45) is 5.92 Å². The van der Waals surface area contributed by atoms with Gasteiger partial charge in [-0.05, 0) is 55.6 Å². The molecule has 0 aliphatic carbocycles. The number of halogens is 2. The molecule has 0 saturated carbocycles. The van der Waals surface area contributed by atoms with E-state index in [2.05, 4.69) is 32.9 Å². The van der Waals surface area contributed by atoms with Gasteiger partial charge in [0.15, 0.2) is 0 Å². The van der Waals surface area contributed by atoms with Crippen molar-refractivity contribution in [3.8, 4) is 0 Å². The van der Waals surface area contributed by atoms with Gasteiger partial charge in [0.05, 0.1) is 6.04 Å². The first-order valence-electron chi connectivity index (χ1n) is 9.26. The smallest absolute Gasteiger partial charge is 0.130 e. The predicted octanol–water partition coefficient (Wildman–Crippen LogP) is 3.00. The van der Waals surface area contributed by atoms with Gasteiger partial charge in [-0.3, -0.25) is 10.4 Å². The fraction of sp³-hybridized carbons (Fsp3) is 0.450. The third-order valence-electron chi connectivity index (χ3n) is 5.65. The van der Waals surface area contributed by atoms with E-state index in [0.717, 1.165) is 45.1 Å². The Hall–Kier alpha value is -1.89. The van der Waals surface area contributed by atoms with Gasteiger partial charge >= 0.3 is 0 Å². The molecule has 0 spiro atoms.